The fourth-order valence-corrected chi connectivity index (χ4v) is 1.56. The third-order valence-electron chi connectivity index (χ3n) is 2.13. The molecule has 1 heteroatoms. The van der Waals surface area contributed by atoms with Crippen molar-refractivity contribution < 1.29 is 4.79 Å². The summed E-state index contributed by atoms with van der Waals surface area (Å²) in [6, 6.07) is 0. The van der Waals surface area contributed by atoms with E-state index < -0.39 is 0 Å². The molecule has 1 aliphatic rings. The van der Waals surface area contributed by atoms with Crippen molar-refractivity contribution in [2.45, 2.75) is 38.5 Å². The van der Waals surface area contributed by atoms with Gasteiger partial charge in [0.2, 0.25) is 0 Å². The molecule has 0 aromatic rings. The Morgan fingerprint density at radius 1 is 1.33 bits per heavy atom. The lowest BCUT2D eigenvalue weighted by Gasteiger charge is -2.02. The summed E-state index contributed by atoms with van der Waals surface area (Å²) < 4.78 is 0. The molecule has 51 valence electrons. The van der Waals surface area contributed by atoms with Crippen molar-refractivity contribution in [2.75, 3.05) is 0 Å². The smallest absolute Gasteiger partial charge is 0.198 e. The van der Waals surface area contributed by atoms with Crippen LogP contribution in [0.5, 0.6) is 0 Å². The molecule has 0 amide bonds. The summed E-state index contributed by atoms with van der Waals surface area (Å²) in [6.07, 6.45) is 9.14. The molecule has 0 aliphatic heterocycles. The lowest BCUT2D eigenvalue weighted by molar-refractivity contribution is 0.494. The van der Waals surface area contributed by atoms with Gasteiger partial charge in [-0.3, -0.25) is 4.79 Å². The van der Waals surface area contributed by atoms with Crippen LogP contribution in [0.2, 0.25) is 0 Å². The van der Waals surface area contributed by atoms with Gasteiger partial charge in [0.25, 0.3) is 0 Å². The second kappa shape index (κ2) is 3.65. The molecule has 0 atom stereocenters. The molecule has 0 saturated heterocycles. The van der Waals surface area contributed by atoms with Crippen molar-refractivity contribution in [2.24, 2.45) is 5.92 Å². The van der Waals surface area contributed by atoms with Crippen molar-refractivity contribution in [3.63, 3.8) is 0 Å². The van der Waals surface area contributed by atoms with E-state index >= 15 is 0 Å². The Bertz CT molecular complexity index is 82.6. The van der Waals surface area contributed by atoms with Gasteiger partial charge in [-0.1, -0.05) is 25.7 Å². The lowest BCUT2D eigenvalue weighted by Crippen LogP contribution is -1.92. The molecule has 0 heterocycles. The van der Waals surface area contributed by atoms with Crippen molar-refractivity contribution in [1.29, 1.82) is 0 Å². The summed E-state index contributed by atoms with van der Waals surface area (Å²) in [5, 5.41) is 0. The average Bonchev–Trinajstić information content (AvgIpc) is 2.34. The molecule has 1 rings (SSSR count). The SMILES string of the molecule is O=[C]CCC1CCCC1. The van der Waals surface area contributed by atoms with Crippen molar-refractivity contribution >= 4 is 6.29 Å². The normalized spacial score (nSPS) is 20.4. The van der Waals surface area contributed by atoms with E-state index in [-0.39, 0.29) is 0 Å². The minimum Gasteiger partial charge on any atom is -0.291 e. The van der Waals surface area contributed by atoms with Gasteiger partial charge < -0.3 is 0 Å². The van der Waals surface area contributed by atoms with E-state index in [9.17, 15) is 4.79 Å². The molecular formula is C8H13O. The Morgan fingerprint density at radius 2 is 2.00 bits per heavy atom. The summed E-state index contributed by atoms with van der Waals surface area (Å²) in [5.74, 6) is 0.853. The molecule has 0 spiro atoms. The van der Waals surface area contributed by atoms with Crippen LogP contribution in [-0.2, 0) is 4.79 Å². The number of hydrogen-bond acceptors (Lipinski definition) is 1. The van der Waals surface area contributed by atoms with Crippen LogP contribution in [0.4, 0.5) is 0 Å². The Hall–Kier alpha value is -0.330. The Balaban J connectivity index is 2.04. The summed E-state index contributed by atoms with van der Waals surface area (Å²) >= 11 is 0. The fraction of sp³-hybridized carbons (Fsp3) is 0.875. The molecule has 1 fully saturated rings. The van der Waals surface area contributed by atoms with Gasteiger partial charge in [-0.15, -0.1) is 0 Å². The summed E-state index contributed by atoms with van der Waals surface area (Å²) in [6.45, 7) is 0. The highest BCUT2D eigenvalue weighted by atomic mass is 16.1. The molecule has 1 aliphatic carbocycles. The molecule has 9 heavy (non-hydrogen) atoms. The number of rotatable bonds is 3. The maximum absolute atomic E-state index is 9.84. The van der Waals surface area contributed by atoms with Crippen molar-refractivity contribution in [3.8, 4) is 0 Å². The topological polar surface area (TPSA) is 17.1 Å². The van der Waals surface area contributed by atoms with Crippen LogP contribution < -0.4 is 0 Å². The maximum Gasteiger partial charge on any atom is 0.198 e. The average molecular weight is 125 g/mol. The molecule has 0 N–H and O–H groups in total. The zero-order chi connectivity index (χ0) is 6.53. The molecule has 1 nitrogen and oxygen atoms in total. The molecule has 1 saturated carbocycles. The molecule has 1 radical (unpaired) electrons. The van der Waals surface area contributed by atoms with Crippen LogP contribution in [0, 0.1) is 5.92 Å². The highest BCUT2D eigenvalue weighted by molar-refractivity contribution is 5.50. The third kappa shape index (κ3) is 2.17. The number of hydrogen-bond donors (Lipinski definition) is 0. The first-order valence-electron chi connectivity index (χ1n) is 3.78. The van der Waals surface area contributed by atoms with Gasteiger partial charge in [0, 0.05) is 6.42 Å². The van der Waals surface area contributed by atoms with Crippen molar-refractivity contribution in [1.82, 2.24) is 0 Å². The van der Waals surface area contributed by atoms with Crippen LogP contribution in [0.3, 0.4) is 0 Å². The standard InChI is InChI=1S/C8H13O/c9-7-3-6-8-4-1-2-5-8/h8H,1-6H2. The van der Waals surface area contributed by atoms with Crippen LogP contribution in [0.1, 0.15) is 38.5 Å². The number of carbonyl (C=O) groups excluding carboxylic acids is 1. The molecule has 0 aromatic carbocycles. The first kappa shape index (κ1) is 6.79. The van der Waals surface area contributed by atoms with E-state index in [0.717, 1.165) is 12.3 Å². The van der Waals surface area contributed by atoms with Crippen LogP contribution >= 0.6 is 0 Å². The Morgan fingerprint density at radius 3 is 2.56 bits per heavy atom. The first-order valence-corrected chi connectivity index (χ1v) is 3.78. The molecular weight excluding hydrogens is 112 g/mol. The first-order chi connectivity index (χ1) is 4.43. The Kier molecular flexibility index (Phi) is 2.75. The van der Waals surface area contributed by atoms with Gasteiger partial charge in [0.05, 0.1) is 0 Å². The monoisotopic (exact) mass is 125 g/mol. The zero-order valence-corrected chi connectivity index (χ0v) is 5.73. The largest absolute Gasteiger partial charge is 0.291 e. The molecule has 0 bridgehead atoms. The Labute approximate surface area is 56.4 Å². The van der Waals surface area contributed by atoms with Gasteiger partial charge in [-0.2, -0.15) is 0 Å². The van der Waals surface area contributed by atoms with Gasteiger partial charge in [0.15, 0.2) is 6.29 Å². The fourth-order valence-electron chi connectivity index (χ4n) is 1.56. The van der Waals surface area contributed by atoms with Gasteiger partial charge in [0.1, 0.15) is 0 Å². The third-order valence-corrected chi connectivity index (χ3v) is 2.13. The minimum atomic E-state index is 0.657. The molecule has 0 aromatic heterocycles. The summed E-state index contributed by atoms with van der Waals surface area (Å²) in [7, 11) is 0. The maximum atomic E-state index is 9.84. The zero-order valence-electron chi connectivity index (χ0n) is 5.73. The predicted octanol–water partition coefficient (Wildman–Crippen LogP) is 2.07. The van der Waals surface area contributed by atoms with Crippen LogP contribution in [0.15, 0.2) is 0 Å². The second-order valence-corrected chi connectivity index (χ2v) is 2.83. The van der Waals surface area contributed by atoms with E-state index in [1.807, 2.05) is 6.29 Å². The quantitative estimate of drug-likeness (QED) is 0.564. The summed E-state index contributed by atoms with van der Waals surface area (Å²) in [5.41, 5.74) is 0. The van der Waals surface area contributed by atoms with Crippen LogP contribution in [-0.4, -0.2) is 6.29 Å². The second-order valence-electron chi connectivity index (χ2n) is 2.83. The van der Waals surface area contributed by atoms with E-state index in [1.54, 1.807) is 0 Å². The highest BCUT2D eigenvalue weighted by Crippen LogP contribution is 2.27. The highest BCUT2D eigenvalue weighted by Gasteiger charge is 2.13. The van der Waals surface area contributed by atoms with Gasteiger partial charge >= 0.3 is 0 Å². The van der Waals surface area contributed by atoms with Gasteiger partial charge in [-0.05, 0) is 12.3 Å². The van der Waals surface area contributed by atoms with E-state index in [2.05, 4.69) is 0 Å². The van der Waals surface area contributed by atoms with E-state index in [0.29, 0.717) is 6.42 Å². The van der Waals surface area contributed by atoms with E-state index in [1.165, 1.54) is 25.7 Å². The molecule has 0 unspecified atom stereocenters. The minimum absolute atomic E-state index is 0.657. The van der Waals surface area contributed by atoms with Crippen molar-refractivity contribution in [3.05, 3.63) is 0 Å². The predicted molar refractivity (Wildman–Crippen MR) is 36.9 cm³/mol. The van der Waals surface area contributed by atoms with E-state index in [4.69, 9.17) is 0 Å². The summed E-state index contributed by atoms with van der Waals surface area (Å²) in [4.78, 5) is 9.84. The lowest BCUT2D eigenvalue weighted by atomic mass is 10.0. The van der Waals surface area contributed by atoms with Crippen LogP contribution in [0.25, 0.3) is 0 Å². The van der Waals surface area contributed by atoms with Gasteiger partial charge in [-0.25, -0.2) is 0 Å².